The van der Waals surface area contributed by atoms with Crippen molar-refractivity contribution in [2.45, 2.75) is 0 Å². The van der Waals surface area contributed by atoms with Gasteiger partial charge in [-0.05, 0) is 24.3 Å². The van der Waals surface area contributed by atoms with Crippen molar-refractivity contribution >= 4 is 34.1 Å². The number of aryl methyl sites for hydroxylation is 1. The molecule has 0 aliphatic heterocycles. The number of amides is 2. The second-order valence-corrected chi connectivity index (χ2v) is 4.80. The van der Waals surface area contributed by atoms with Crippen molar-refractivity contribution in [1.29, 1.82) is 0 Å². The first kappa shape index (κ1) is 14.4. The minimum absolute atomic E-state index is 0.0937. The maximum absolute atomic E-state index is 12.0. The lowest BCUT2D eigenvalue weighted by molar-refractivity contribution is -0.384. The molecule has 2 N–H and O–H groups in total. The van der Waals surface area contributed by atoms with Crippen molar-refractivity contribution in [3.63, 3.8) is 0 Å². The number of urea groups is 1. The van der Waals surface area contributed by atoms with Gasteiger partial charge in [0.2, 0.25) is 0 Å². The zero-order valence-electron chi connectivity index (χ0n) is 12.1. The molecule has 2 amide bonds. The van der Waals surface area contributed by atoms with Gasteiger partial charge in [-0.15, -0.1) is 5.10 Å². The summed E-state index contributed by atoms with van der Waals surface area (Å²) >= 11 is 0. The quantitative estimate of drug-likeness (QED) is 0.569. The number of carbonyl (C=O) groups is 1. The molecule has 1 heterocycles. The van der Waals surface area contributed by atoms with Crippen LogP contribution in [0.3, 0.4) is 0 Å². The number of aromatic nitrogens is 3. The normalized spacial score (nSPS) is 10.5. The Morgan fingerprint density at radius 2 is 1.91 bits per heavy atom. The Morgan fingerprint density at radius 3 is 2.65 bits per heavy atom. The number of hydrogen-bond acceptors (Lipinski definition) is 5. The molecule has 9 heteroatoms. The van der Waals surface area contributed by atoms with Crippen molar-refractivity contribution in [2.24, 2.45) is 7.05 Å². The monoisotopic (exact) mass is 312 g/mol. The maximum atomic E-state index is 12.0. The molecule has 1 aromatic heterocycles. The van der Waals surface area contributed by atoms with E-state index in [0.717, 1.165) is 5.52 Å². The zero-order chi connectivity index (χ0) is 16.4. The number of rotatable bonds is 3. The molecule has 9 nitrogen and oxygen atoms in total. The molecule has 23 heavy (non-hydrogen) atoms. The first-order chi connectivity index (χ1) is 11.0. The third-order valence-electron chi connectivity index (χ3n) is 3.18. The summed E-state index contributed by atoms with van der Waals surface area (Å²) in [6.07, 6.45) is 0. The molecular formula is C14H12N6O3. The lowest BCUT2D eigenvalue weighted by Gasteiger charge is -2.07. The van der Waals surface area contributed by atoms with Crippen LogP contribution in [0, 0.1) is 10.1 Å². The summed E-state index contributed by atoms with van der Waals surface area (Å²) in [7, 11) is 1.78. The minimum Gasteiger partial charge on any atom is -0.308 e. The third kappa shape index (κ3) is 3.07. The van der Waals surface area contributed by atoms with Gasteiger partial charge < -0.3 is 10.6 Å². The summed E-state index contributed by atoms with van der Waals surface area (Å²) in [5, 5.41) is 23.8. The van der Waals surface area contributed by atoms with Gasteiger partial charge in [0, 0.05) is 30.6 Å². The fourth-order valence-electron chi connectivity index (χ4n) is 2.11. The van der Waals surface area contributed by atoms with Gasteiger partial charge in [0.05, 0.1) is 10.4 Å². The van der Waals surface area contributed by atoms with Crippen LogP contribution in [0.4, 0.5) is 21.9 Å². The van der Waals surface area contributed by atoms with Crippen LogP contribution in [-0.4, -0.2) is 25.9 Å². The Kier molecular flexibility index (Phi) is 3.59. The van der Waals surface area contributed by atoms with E-state index in [4.69, 9.17) is 0 Å². The molecule has 0 bridgehead atoms. The maximum Gasteiger partial charge on any atom is 0.323 e. The van der Waals surface area contributed by atoms with Crippen LogP contribution in [0.2, 0.25) is 0 Å². The van der Waals surface area contributed by atoms with Crippen molar-refractivity contribution in [2.75, 3.05) is 10.6 Å². The third-order valence-corrected chi connectivity index (χ3v) is 3.18. The van der Waals surface area contributed by atoms with Crippen LogP contribution in [0.25, 0.3) is 11.0 Å². The predicted molar refractivity (Wildman–Crippen MR) is 84.2 cm³/mol. The molecule has 0 aliphatic rings. The fourth-order valence-corrected chi connectivity index (χ4v) is 2.11. The van der Waals surface area contributed by atoms with E-state index in [0.29, 0.717) is 16.9 Å². The number of benzene rings is 2. The first-order valence-corrected chi connectivity index (χ1v) is 6.65. The summed E-state index contributed by atoms with van der Waals surface area (Å²) in [6, 6.07) is 10.4. The highest BCUT2D eigenvalue weighted by atomic mass is 16.6. The minimum atomic E-state index is -0.523. The molecule has 3 rings (SSSR count). The number of nitrogens with one attached hydrogen (secondary N) is 2. The molecule has 0 unspecified atom stereocenters. The van der Waals surface area contributed by atoms with E-state index in [-0.39, 0.29) is 5.69 Å². The Morgan fingerprint density at radius 1 is 1.17 bits per heavy atom. The lowest BCUT2D eigenvalue weighted by Crippen LogP contribution is -2.19. The topological polar surface area (TPSA) is 115 Å². The standard InChI is InChI=1S/C14H12N6O3/c1-19-13-6-5-10(8-12(13)17-18-19)16-14(21)15-9-3-2-4-11(7-9)20(22)23/h2-8H,1H3,(H2,15,16,21). The van der Waals surface area contributed by atoms with Crippen LogP contribution in [0.1, 0.15) is 0 Å². The van der Waals surface area contributed by atoms with Crippen LogP contribution >= 0.6 is 0 Å². The number of hydrogen-bond donors (Lipinski definition) is 2. The number of nitrogens with zero attached hydrogens (tertiary/aromatic N) is 4. The van der Waals surface area contributed by atoms with E-state index in [1.54, 1.807) is 36.0 Å². The molecular weight excluding hydrogens is 300 g/mol. The summed E-state index contributed by atoms with van der Waals surface area (Å²) in [6.45, 7) is 0. The number of non-ortho nitro benzene ring substituents is 1. The predicted octanol–water partition coefficient (Wildman–Crippen LogP) is 2.52. The van der Waals surface area contributed by atoms with Crippen molar-refractivity contribution in [3.8, 4) is 0 Å². The molecule has 0 fully saturated rings. The average Bonchev–Trinajstić information content (AvgIpc) is 2.88. The Bertz CT molecular complexity index is 904. The highest BCUT2D eigenvalue weighted by Crippen LogP contribution is 2.19. The molecule has 2 aromatic carbocycles. The van der Waals surface area contributed by atoms with E-state index < -0.39 is 11.0 Å². The van der Waals surface area contributed by atoms with Gasteiger partial charge in [-0.3, -0.25) is 10.1 Å². The van der Waals surface area contributed by atoms with Crippen LogP contribution in [0.5, 0.6) is 0 Å². The van der Waals surface area contributed by atoms with Crippen molar-refractivity contribution in [1.82, 2.24) is 15.0 Å². The highest BCUT2D eigenvalue weighted by molar-refractivity contribution is 6.00. The smallest absolute Gasteiger partial charge is 0.308 e. The van der Waals surface area contributed by atoms with E-state index in [2.05, 4.69) is 20.9 Å². The van der Waals surface area contributed by atoms with Gasteiger partial charge in [0.1, 0.15) is 5.52 Å². The van der Waals surface area contributed by atoms with Gasteiger partial charge >= 0.3 is 6.03 Å². The highest BCUT2D eigenvalue weighted by Gasteiger charge is 2.09. The lowest BCUT2D eigenvalue weighted by atomic mass is 10.2. The van der Waals surface area contributed by atoms with Crippen molar-refractivity contribution in [3.05, 3.63) is 52.6 Å². The van der Waals surface area contributed by atoms with Gasteiger partial charge in [0.25, 0.3) is 5.69 Å². The second-order valence-electron chi connectivity index (χ2n) is 4.80. The van der Waals surface area contributed by atoms with Crippen molar-refractivity contribution < 1.29 is 9.72 Å². The molecule has 0 aliphatic carbocycles. The largest absolute Gasteiger partial charge is 0.323 e. The number of fused-ring (bicyclic) bond motifs is 1. The Labute approximate surface area is 130 Å². The molecule has 0 spiro atoms. The fraction of sp³-hybridized carbons (Fsp3) is 0.0714. The van der Waals surface area contributed by atoms with Gasteiger partial charge in [-0.2, -0.15) is 0 Å². The summed E-state index contributed by atoms with van der Waals surface area (Å²) in [4.78, 5) is 22.2. The van der Waals surface area contributed by atoms with Gasteiger partial charge in [-0.1, -0.05) is 11.3 Å². The number of anilines is 2. The molecule has 3 aromatic rings. The zero-order valence-corrected chi connectivity index (χ0v) is 12.1. The van der Waals surface area contributed by atoms with Crippen LogP contribution in [-0.2, 0) is 7.05 Å². The summed E-state index contributed by atoms with van der Waals surface area (Å²) < 4.78 is 1.63. The molecule has 0 radical (unpaired) electrons. The summed E-state index contributed by atoms with van der Waals surface area (Å²) in [5.74, 6) is 0. The first-order valence-electron chi connectivity index (χ1n) is 6.65. The molecule has 0 atom stereocenters. The Hall–Kier alpha value is -3.49. The Balaban J connectivity index is 1.73. The molecule has 116 valence electrons. The van der Waals surface area contributed by atoms with Gasteiger partial charge in [-0.25, -0.2) is 9.48 Å². The van der Waals surface area contributed by atoms with Crippen LogP contribution < -0.4 is 10.6 Å². The molecule has 0 saturated carbocycles. The van der Waals surface area contributed by atoms with E-state index in [9.17, 15) is 14.9 Å². The summed E-state index contributed by atoms with van der Waals surface area (Å²) in [5.41, 5.74) is 2.28. The molecule has 0 saturated heterocycles. The average molecular weight is 312 g/mol. The second kappa shape index (κ2) is 5.72. The van der Waals surface area contributed by atoms with E-state index in [1.807, 2.05) is 0 Å². The number of nitro groups is 1. The van der Waals surface area contributed by atoms with E-state index >= 15 is 0 Å². The number of nitro benzene ring substituents is 1. The van der Waals surface area contributed by atoms with E-state index in [1.165, 1.54) is 18.2 Å². The SMILES string of the molecule is Cn1nnc2cc(NC(=O)Nc3cccc([N+](=O)[O-])c3)ccc21. The van der Waals surface area contributed by atoms with Crippen LogP contribution in [0.15, 0.2) is 42.5 Å². The number of carbonyl (C=O) groups excluding carboxylic acids is 1. The van der Waals surface area contributed by atoms with Gasteiger partial charge in [0.15, 0.2) is 0 Å².